The molecule has 0 aliphatic rings. The van der Waals surface area contributed by atoms with Crippen molar-refractivity contribution in [1.29, 1.82) is 0 Å². The lowest BCUT2D eigenvalue weighted by Crippen LogP contribution is -2.34. The average molecular weight is 367 g/mol. The van der Waals surface area contributed by atoms with Crippen LogP contribution in [0.1, 0.15) is 50.8 Å². The smallest absolute Gasteiger partial charge is 0.407 e. The maximum Gasteiger partial charge on any atom is 0.407 e. The fourth-order valence-corrected chi connectivity index (χ4v) is 2.39. The zero-order chi connectivity index (χ0) is 19.7. The standard InChI is InChI=1S/C19H29NO6/c1-19(2,3)26-18(24)20-12-11-15(21)17(23)14-8-6-5-7-13(14)9-10-16(22)25-4/h5-8,15,17,21,23H,9-12H2,1-4H3,(H,20,24). The minimum atomic E-state index is -1.12. The number of methoxy groups -OCH3 is 1. The number of carbonyl (C=O) groups excluding carboxylic acids is 2. The summed E-state index contributed by atoms with van der Waals surface area (Å²) in [7, 11) is 1.32. The van der Waals surface area contributed by atoms with Gasteiger partial charge in [-0.15, -0.1) is 0 Å². The Morgan fingerprint density at radius 3 is 2.46 bits per heavy atom. The molecular formula is C19H29NO6. The first kappa shape index (κ1) is 21.9. The molecule has 0 radical (unpaired) electrons. The Hall–Kier alpha value is -2.12. The van der Waals surface area contributed by atoms with Crippen molar-refractivity contribution in [1.82, 2.24) is 5.32 Å². The van der Waals surface area contributed by atoms with Gasteiger partial charge >= 0.3 is 12.1 Å². The van der Waals surface area contributed by atoms with Crippen molar-refractivity contribution < 1.29 is 29.3 Å². The Morgan fingerprint density at radius 1 is 1.19 bits per heavy atom. The Balaban J connectivity index is 2.58. The highest BCUT2D eigenvalue weighted by atomic mass is 16.6. The van der Waals surface area contributed by atoms with E-state index in [0.29, 0.717) is 12.0 Å². The van der Waals surface area contributed by atoms with Gasteiger partial charge < -0.3 is 25.0 Å². The fraction of sp³-hybridized carbons (Fsp3) is 0.579. The van der Waals surface area contributed by atoms with Crippen molar-refractivity contribution in [2.24, 2.45) is 0 Å². The zero-order valence-electron chi connectivity index (χ0n) is 15.8. The minimum Gasteiger partial charge on any atom is -0.469 e. The summed E-state index contributed by atoms with van der Waals surface area (Å²) in [5, 5.41) is 23.2. The molecule has 0 aliphatic heterocycles. The summed E-state index contributed by atoms with van der Waals surface area (Å²) in [5.74, 6) is -0.337. The van der Waals surface area contributed by atoms with Gasteiger partial charge in [0.05, 0.1) is 13.2 Å². The molecule has 0 fully saturated rings. The SMILES string of the molecule is COC(=O)CCc1ccccc1C(O)C(O)CCNC(=O)OC(C)(C)C. The van der Waals surface area contributed by atoms with Gasteiger partial charge in [-0.1, -0.05) is 24.3 Å². The monoisotopic (exact) mass is 367 g/mol. The number of hydrogen-bond donors (Lipinski definition) is 3. The number of esters is 1. The number of amides is 1. The van der Waals surface area contributed by atoms with E-state index in [1.165, 1.54) is 7.11 Å². The van der Waals surface area contributed by atoms with Gasteiger partial charge in [-0.05, 0) is 44.7 Å². The van der Waals surface area contributed by atoms with Crippen LogP contribution in [0.3, 0.4) is 0 Å². The van der Waals surface area contributed by atoms with Gasteiger partial charge in [0.25, 0.3) is 0 Å². The summed E-state index contributed by atoms with van der Waals surface area (Å²) in [6, 6.07) is 7.07. The number of rotatable bonds is 8. The summed E-state index contributed by atoms with van der Waals surface area (Å²) in [4.78, 5) is 22.9. The number of aryl methyl sites for hydroxylation is 1. The fourth-order valence-electron chi connectivity index (χ4n) is 2.39. The summed E-state index contributed by atoms with van der Waals surface area (Å²) in [6.45, 7) is 5.45. The average Bonchev–Trinajstić information content (AvgIpc) is 2.57. The van der Waals surface area contributed by atoms with Crippen molar-refractivity contribution in [2.75, 3.05) is 13.7 Å². The number of ether oxygens (including phenoxy) is 2. The third kappa shape index (κ3) is 7.84. The molecule has 3 N–H and O–H groups in total. The molecule has 0 aliphatic carbocycles. The van der Waals surface area contributed by atoms with Crippen molar-refractivity contribution in [3.05, 3.63) is 35.4 Å². The number of alkyl carbamates (subject to hydrolysis) is 1. The van der Waals surface area contributed by atoms with Gasteiger partial charge in [0, 0.05) is 13.0 Å². The molecule has 0 saturated carbocycles. The van der Waals surface area contributed by atoms with E-state index in [0.717, 1.165) is 5.56 Å². The molecule has 7 nitrogen and oxygen atoms in total. The number of aliphatic hydroxyl groups is 2. The first-order valence-corrected chi connectivity index (χ1v) is 8.61. The van der Waals surface area contributed by atoms with Crippen molar-refractivity contribution in [2.45, 2.75) is 57.8 Å². The van der Waals surface area contributed by atoms with Gasteiger partial charge in [0.15, 0.2) is 0 Å². The van der Waals surface area contributed by atoms with E-state index in [4.69, 9.17) is 4.74 Å². The van der Waals surface area contributed by atoms with E-state index in [9.17, 15) is 19.8 Å². The third-order valence-corrected chi connectivity index (χ3v) is 3.67. The molecule has 26 heavy (non-hydrogen) atoms. The molecule has 0 heterocycles. The highest BCUT2D eigenvalue weighted by Crippen LogP contribution is 2.23. The molecule has 0 saturated heterocycles. The molecule has 0 aromatic heterocycles. The number of hydrogen-bond acceptors (Lipinski definition) is 6. The zero-order valence-corrected chi connectivity index (χ0v) is 15.8. The van der Waals surface area contributed by atoms with Crippen LogP contribution in [-0.2, 0) is 20.7 Å². The van der Waals surface area contributed by atoms with Gasteiger partial charge in [-0.3, -0.25) is 4.79 Å². The predicted octanol–water partition coefficient (Wildman–Crippen LogP) is 2.10. The van der Waals surface area contributed by atoms with Crippen LogP contribution in [0, 0.1) is 0 Å². The molecule has 7 heteroatoms. The second kappa shape index (κ2) is 10.1. The summed E-state index contributed by atoms with van der Waals surface area (Å²) >= 11 is 0. The van der Waals surface area contributed by atoms with Crippen LogP contribution in [0.25, 0.3) is 0 Å². The molecule has 0 bridgehead atoms. The van der Waals surface area contributed by atoms with Gasteiger partial charge in [-0.2, -0.15) is 0 Å². The maximum atomic E-state index is 11.6. The molecule has 1 aromatic carbocycles. The van der Waals surface area contributed by atoms with Crippen LogP contribution in [0.15, 0.2) is 24.3 Å². The normalized spacial score (nSPS) is 13.6. The van der Waals surface area contributed by atoms with Gasteiger partial charge in [-0.25, -0.2) is 4.79 Å². The van der Waals surface area contributed by atoms with E-state index >= 15 is 0 Å². The molecular weight excluding hydrogens is 338 g/mol. The predicted molar refractivity (Wildman–Crippen MR) is 96.6 cm³/mol. The highest BCUT2D eigenvalue weighted by Gasteiger charge is 2.22. The first-order chi connectivity index (χ1) is 12.1. The Morgan fingerprint density at radius 2 is 1.85 bits per heavy atom. The molecule has 2 unspecified atom stereocenters. The number of benzene rings is 1. The van der Waals surface area contributed by atoms with Crippen LogP contribution in [0.4, 0.5) is 4.79 Å². The van der Waals surface area contributed by atoms with Crippen LogP contribution in [0.2, 0.25) is 0 Å². The molecule has 1 rings (SSSR count). The maximum absolute atomic E-state index is 11.6. The van der Waals surface area contributed by atoms with Crippen LogP contribution < -0.4 is 5.32 Å². The number of nitrogens with one attached hydrogen (secondary N) is 1. The Kier molecular flexibility index (Phi) is 8.54. The van der Waals surface area contributed by atoms with Crippen molar-refractivity contribution in [3.63, 3.8) is 0 Å². The number of carbonyl (C=O) groups is 2. The third-order valence-electron chi connectivity index (χ3n) is 3.67. The molecule has 1 aromatic rings. The quantitative estimate of drug-likeness (QED) is 0.608. The van der Waals surface area contributed by atoms with Crippen LogP contribution >= 0.6 is 0 Å². The lowest BCUT2D eigenvalue weighted by molar-refractivity contribution is -0.140. The summed E-state index contributed by atoms with van der Waals surface area (Å²) < 4.78 is 9.74. The van der Waals surface area contributed by atoms with E-state index in [2.05, 4.69) is 10.1 Å². The van der Waals surface area contributed by atoms with E-state index in [1.54, 1.807) is 45.0 Å². The largest absolute Gasteiger partial charge is 0.469 e. The first-order valence-electron chi connectivity index (χ1n) is 8.61. The minimum absolute atomic E-state index is 0.158. The Labute approximate surface area is 154 Å². The Bertz CT molecular complexity index is 596. The summed E-state index contributed by atoms with van der Waals surface area (Å²) in [5.41, 5.74) is 0.728. The molecule has 2 atom stereocenters. The van der Waals surface area contributed by atoms with Gasteiger partial charge in [0.1, 0.15) is 11.7 Å². The van der Waals surface area contributed by atoms with Gasteiger partial charge in [0.2, 0.25) is 0 Å². The second-order valence-electron chi connectivity index (χ2n) is 7.00. The second-order valence-corrected chi connectivity index (χ2v) is 7.00. The topological polar surface area (TPSA) is 105 Å². The lowest BCUT2D eigenvalue weighted by Gasteiger charge is -2.22. The highest BCUT2D eigenvalue weighted by molar-refractivity contribution is 5.69. The summed E-state index contributed by atoms with van der Waals surface area (Å²) in [6.07, 6.45) is -2.00. The molecule has 1 amide bonds. The molecule has 146 valence electrons. The van der Waals surface area contributed by atoms with Crippen LogP contribution in [0.5, 0.6) is 0 Å². The van der Waals surface area contributed by atoms with E-state index in [-0.39, 0.29) is 25.4 Å². The van der Waals surface area contributed by atoms with Crippen molar-refractivity contribution >= 4 is 12.1 Å². The van der Waals surface area contributed by atoms with Crippen molar-refractivity contribution in [3.8, 4) is 0 Å². The molecule has 0 spiro atoms. The van der Waals surface area contributed by atoms with E-state index < -0.39 is 23.9 Å². The number of aliphatic hydroxyl groups excluding tert-OH is 2. The lowest BCUT2D eigenvalue weighted by atomic mass is 9.94. The van der Waals surface area contributed by atoms with Crippen LogP contribution in [-0.4, -0.2) is 47.6 Å². The van der Waals surface area contributed by atoms with E-state index in [1.807, 2.05) is 0 Å².